The molecule has 0 atom stereocenters. The van der Waals surface area contributed by atoms with Crippen LogP contribution in [0.4, 0.5) is 15.8 Å². The number of esters is 1. The van der Waals surface area contributed by atoms with Crippen molar-refractivity contribution in [3.8, 4) is 0 Å². The molecule has 1 heterocycles. The van der Waals surface area contributed by atoms with E-state index < -0.39 is 59.0 Å². The summed E-state index contributed by atoms with van der Waals surface area (Å²) in [6.45, 7) is -1.68. The van der Waals surface area contributed by atoms with E-state index in [1.165, 1.54) is 12.1 Å². The molecule has 160 valence electrons. The van der Waals surface area contributed by atoms with Crippen molar-refractivity contribution in [2.75, 3.05) is 18.5 Å². The van der Waals surface area contributed by atoms with E-state index in [-0.39, 0.29) is 21.2 Å². The van der Waals surface area contributed by atoms with Crippen LogP contribution in [0.2, 0.25) is 10.0 Å². The second kappa shape index (κ2) is 8.66. The van der Waals surface area contributed by atoms with Crippen molar-refractivity contribution in [2.24, 2.45) is 0 Å². The average Bonchev–Trinajstić information content (AvgIpc) is 2.92. The number of rotatable bonds is 6. The summed E-state index contributed by atoms with van der Waals surface area (Å²) in [5.74, 6) is -4.61. The third-order valence-electron chi connectivity index (χ3n) is 4.10. The Labute approximate surface area is 182 Å². The summed E-state index contributed by atoms with van der Waals surface area (Å²) in [5.41, 5.74) is -1.01. The number of imide groups is 1. The molecule has 0 spiro atoms. The van der Waals surface area contributed by atoms with Gasteiger partial charge in [-0.25, -0.2) is 4.39 Å². The number of amides is 3. The number of fused-ring (bicyclic) bond motifs is 1. The average molecular weight is 470 g/mol. The normalized spacial score (nSPS) is 12.5. The van der Waals surface area contributed by atoms with Gasteiger partial charge in [-0.1, -0.05) is 23.2 Å². The Balaban J connectivity index is 1.59. The minimum Gasteiger partial charge on any atom is -0.454 e. The van der Waals surface area contributed by atoms with E-state index >= 15 is 0 Å². The molecular formula is C18H10Cl2FN3O7. The van der Waals surface area contributed by atoms with Gasteiger partial charge in [-0.15, -0.1) is 0 Å². The number of hydrogen-bond acceptors (Lipinski definition) is 7. The Morgan fingerprint density at radius 1 is 1.10 bits per heavy atom. The van der Waals surface area contributed by atoms with E-state index in [0.717, 1.165) is 18.2 Å². The van der Waals surface area contributed by atoms with Gasteiger partial charge in [0.15, 0.2) is 6.61 Å². The van der Waals surface area contributed by atoms with Crippen LogP contribution >= 0.6 is 23.2 Å². The summed E-state index contributed by atoms with van der Waals surface area (Å²) in [6, 6.07) is 4.90. The third kappa shape index (κ3) is 4.62. The lowest BCUT2D eigenvalue weighted by Gasteiger charge is -2.13. The Hall–Kier alpha value is -3.57. The van der Waals surface area contributed by atoms with Crippen molar-refractivity contribution < 1.29 is 33.2 Å². The molecule has 0 aliphatic carbocycles. The number of nitrogens with zero attached hydrogens (tertiary/aromatic N) is 2. The number of nitrogens with one attached hydrogen (secondary N) is 1. The number of non-ortho nitro benzene ring substituents is 1. The molecule has 0 unspecified atom stereocenters. The fourth-order valence-electron chi connectivity index (χ4n) is 2.66. The second-order valence-corrected chi connectivity index (χ2v) is 6.95. The molecule has 1 aliphatic rings. The lowest BCUT2D eigenvalue weighted by molar-refractivity contribution is -0.384. The maximum absolute atomic E-state index is 13.7. The molecule has 3 rings (SSSR count). The summed E-state index contributed by atoms with van der Waals surface area (Å²) in [5, 5.41) is 12.9. The first kappa shape index (κ1) is 22.1. The molecular weight excluding hydrogens is 460 g/mol. The van der Waals surface area contributed by atoms with Crippen LogP contribution in [0.15, 0.2) is 30.3 Å². The molecule has 13 heteroatoms. The number of nitro benzene ring substituents is 1. The van der Waals surface area contributed by atoms with E-state index in [1.807, 2.05) is 5.32 Å². The number of anilines is 1. The highest BCUT2D eigenvalue weighted by Crippen LogP contribution is 2.31. The molecule has 10 nitrogen and oxygen atoms in total. The van der Waals surface area contributed by atoms with E-state index in [2.05, 4.69) is 0 Å². The van der Waals surface area contributed by atoms with Gasteiger partial charge in [0, 0.05) is 12.1 Å². The number of halogens is 3. The topological polar surface area (TPSA) is 136 Å². The first-order valence-corrected chi connectivity index (χ1v) is 9.08. The summed E-state index contributed by atoms with van der Waals surface area (Å²) in [6.07, 6.45) is 0. The molecule has 0 fully saturated rings. The standard InChI is InChI=1S/C18H10Cl2FN3O7/c19-11-4-9-10(5-12(11)20)18(28)23(17(9)27)6-16(26)31-7-15(25)22-14-3-8(24(29)30)1-2-13(14)21/h1-5H,6-7H2,(H,22,25). The fraction of sp³-hybridized carbons (Fsp3) is 0.111. The van der Waals surface area contributed by atoms with Crippen molar-refractivity contribution in [3.05, 3.63) is 67.4 Å². The van der Waals surface area contributed by atoms with Crippen molar-refractivity contribution in [1.29, 1.82) is 0 Å². The number of benzene rings is 2. The van der Waals surface area contributed by atoms with E-state index in [1.54, 1.807) is 0 Å². The molecule has 3 amide bonds. The Kier molecular flexibility index (Phi) is 6.18. The fourth-order valence-corrected chi connectivity index (χ4v) is 2.98. The minimum atomic E-state index is -1.10. The first-order valence-electron chi connectivity index (χ1n) is 8.33. The summed E-state index contributed by atoms with van der Waals surface area (Å²) < 4.78 is 18.4. The smallest absolute Gasteiger partial charge is 0.326 e. The van der Waals surface area contributed by atoms with Crippen molar-refractivity contribution in [3.63, 3.8) is 0 Å². The van der Waals surface area contributed by atoms with Crippen LogP contribution in [0.25, 0.3) is 0 Å². The van der Waals surface area contributed by atoms with Gasteiger partial charge < -0.3 is 10.1 Å². The van der Waals surface area contributed by atoms with Crippen LogP contribution in [-0.2, 0) is 14.3 Å². The Bertz CT molecular complexity index is 1110. The van der Waals surface area contributed by atoms with Crippen LogP contribution < -0.4 is 5.32 Å². The Morgan fingerprint density at radius 3 is 2.23 bits per heavy atom. The minimum absolute atomic E-state index is 0.0360. The molecule has 2 aromatic rings. The molecule has 0 radical (unpaired) electrons. The van der Waals surface area contributed by atoms with E-state index in [4.69, 9.17) is 27.9 Å². The number of carbonyl (C=O) groups is 4. The predicted molar refractivity (Wildman–Crippen MR) is 104 cm³/mol. The van der Waals surface area contributed by atoms with Gasteiger partial charge in [-0.3, -0.25) is 34.2 Å². The van der Waals surface area contributed by atoms with Crippen LogP contribution in [0.5, 0.6) is 0 Å². The van der Waals surface area contributed by atoms with Gasteiger partial charge in [0.2, 0.25) is 0 Å². The van der Waals surface area contributed by atoms with E-state index in [0.29, 0.717) is 4.90 Å². The molecule has 0 saturated heterocycles. The summed E-state index contributed by atoms with van der Waals surface area (Å²) in [4.78, 5) is 59.0. The molecule has 0 aromatic heterocycles. The monoisotopic (exact) mass is 469 g/mol. The lowest BCUT2D eigenvalue weighted by Crippen LogP contribution is -2.36. The molecule has 0 bridgehead atoms. The zero-order valence-electron chi connectivity index (χ0n) is 15.2. The number of hydrogen-bond donors (Lipinski definition) is 1. The maximum Gasteiger partial charge on any atom is 0.326 e. The Morgan fingerprint density at radius 2 is 1.68 bits per heavy atom. The largest absolute Gasteiger partial charge is 0.454 e. The van der Waals surface area contributed by atoms with Crippen molar-refractivity contribution in [2.45, 2.75) is 0 Å². The molecule has 31 heavy (non-hydrogen) atoms. The number of nitro groups is 1. The van der Waals surface area contributed by atoms with Gasteiger partial charge in [-0.2, -0.15) is 0 Å². The van der Waals surface area contributed by atoms with Gasteiger partial charge in [-0.05, 0) is 18.2 Å². The van der Waals surface area contributed by atoms with Crippen LogP contribution in [0.3, 0.4) is 0 Å². The van der Waals surface area contributed by atoms with Gasteiger partial charge in [0.1, 0.15) is 12.4 Å². The summed E-state index contributed by atoms with van der Waals surface area (Å²) >= 11 is 11.7. The lowest BCUT2D eigenvalue weighted by atomic mass is 10.1. The van der Waals surface area contributed by atoms with Crippen LogP contribution in [-0.4, -0.2) is 46.7 Å². The molecule has 1 aliphatic heterocycles. The molecule has 2 aromatic carbocycles. The second-order valence-electron chi connectivity index (χ2n) is 6.14. The third-order valence-corrected chi connectivity index (χ3v) is 4.82. The highest BCUT2D eigenvalue weighted by atomic mass is 35.5. The zero-order valence-corrected chi connectivity index (χ0v) is 16.7. The SMILES string of the molecule is O=C(COC(=O)CN1C(=O)c2cc(Cl)c(Cl)cc2C1=O)Nc1cc([N+](=O)[O-])ccc1F. The predicted octanol–water partition coefficient (Wildman–Crippen LogP) is 2.82. The van der Waals surface area contributed by atoms with Gasteiger partial charge in [0.25, 0.3) is 23.4 Å². The highest BCUT2D eigenvalue weighted by Gasteiger charge is 2.37. The number of ether oxygens (including phenoxy) is 1. The van der Waals surface area contributed by atoms with E-state index in [9.17, 15) is 33.7 Å². The number of carbonyl (C=O) groups excluding carboxylic acids is 4. The van der Waals surface area contributed by atoms with Crippen LogP contribution in [0.1, 0.15) is 20.7 Å². The maximum atomic E-state index is 13.7. The van der Waals surface area contributed by atoms with Gasteiger partial charge >= 0.3 is 5.97 Å². The van der Waals surface area contributed by atoms with Crippen molar-refractivity contribution >= 4 is 58.3 Å². The zero-order chi connectivity index (χ0) is 22.9. The highest BCUT2D eigenvalue weighted by molar-refractivity contribution is 6.43. The first-order chi connectivity index (χ1) is 14.6. The quantitative estimate of drug-likeness (QED) is 0.297. The van der Waals surface area contributed by atoms with Crippen molar-refractivity contribution in [1.82, 2.24) is 4.90 Å². The molecule has 1 N–H and O–H groups in total. The summed E-state index contributed by atoms with van der Waals surface area (Å²) in [7, 11) is 0. The van der Waals surface area contributed by atoms with Crippen LogP contribution in [0, 0.1) is 15.9 Å². The van der Waals surface area contributed by atoms with Gasteiger partial charge in [0.05, 0.1) is 31.8 Å². The molecule has 0 saturated carbocycles.